The zero-order valence-corrected chi connectivity index (χ0v) is 25.0. The summed E-state index contributed by atoms with van der Waals surface area (Å²) >= 11 is 0. The Bertz CT molecular complexity index is 1370. The molecule has 2 aromatic rings. The van der Waals surface area contributed by atoms with Crippen molar-refractivity contribution in [2.75, 3.05) is 47.0 Å². The Balaban J connectivity index is 1.66. The van der Waals surface area contributed by atoms with E-state index < -0.39 is 36.4 Å². The quantitative estimate of drug-likeness (QED) is 0.411. The van der Waals surface area contributed by atoms with Crippen molar-refractivity contribution in [3.05, 3.63) is 51.9 Å². The lowest BCUT2D eigenvalue weighted by molar-refractivity contribution is 0.00527. The molecule has 2 atom stereocenters. The minimum absolute atomic E-state index is 0.000499. The molecule has 12 heteroatoms. The summed E-state index contributed by atoms with van der Waals surface area (Å²) in [6.45, 7) is 10.2. The van der Waals surface area contributed by atoms with Gasteiger partial charge in [0.2, 0.25) is 10.0 Å². The number of carbonyl (C=O) groups excluding carboxylic acids is 1. The number of aryl methyl sites for hydroxylation is 1. The van der Waals surface area contributed by atoms with Gasteiger partial charge in [0.15, 0.2) is 0 Å². The van der Waals surface area contributed by atoms with Crippen LogP contribution in [0.4, 0.5) is 17.1 Å². The van der Waals surface area contributed by atoms with Crippen LogP contribution < -0.4 is 20.5 Å². The Kier molecular flexibility index (Phi) is 8.89. The molecule has 0 spiro atoms. The van der Waals surface area contributed by atoms with Crippen LogP contribution in [0.25, 0.3) is 0 Å². The van der Waals surface area contributed by atoms with Crippen molar-refractivity contribution in [2.24, 2.45) is 0 Å². The minimum atomic E-state index is -3.73. The first-order valence-electron chi connectivity index (χ1n) is 13.5. The number of nitrogens with one attached hydrogen (secondary N) is 2. The summed E-state index contributed by atoms with van der Waals surface area (Å²) in [6, 6.07) is 8.59. The van der Waals surface area contributed by atoms with Gasteiger partial charge in [-0.3, -0.25) is 14.3 Å². The maximum atomic E-state index is 13.6. The molecule has 3 heterocycles. The van der Waals surface area contributed by atoms with E-state index in [9.17, 15) is 18.0 Å². The number of amides is 1. The fraction of sp³-hybridized carbons (Fsp3) is 0.556. The first-order chi connectivity index (χ1) is 18.4. The van der Waals surface area contributed by atoms with E-state index in [0.717, 1.165) is 43.6 Å². The number of benzene rings is 1. The van der Waals surface area contributed by atoms with E-state index in [1.807, 2.05) is 20.0 Å². The smallest absolute Gasteiger partial charge is 0.274 e. The first kappa shape index (κ1) is 29.3. The summed E-state index contributed by atoms with van der Waals surface area (Å²) in [5, 5.41) is 11.9. The topological polar surface area (TPSA) is 130 Å². The summed E-state index contributed by atoms with van der Waals surface area (Å²) in [4.78, 5) is 29.2. The number of carbonyl (C=O) groups is 1. The normalized spacial score (nSPS) is 21.4. The monoisotopic (exact) mass is 576 g/mol. The number of ether oxygens (including phenoxy) is 1. The largest absolute Gasteiger partial charge is 0.395 e. The highest BCUT2D eigenvalue weighted by atomic mass is 32.2. The number of sulfonamides is 1. The number of hydrogen-bond donors (Lipinski definition) is 3. The summed E-state index contributed by atoms with van der Waals surface area (Å²) in [5.74, 6) is -0.842. The maximum absolute atomic E-state index is 13.6. The van der Waals surface area contributed by atoms with Crippen LogP contribution in [0.5, 0.6) is 0 Å². The van der Waals surface area contributed by atoms with E-state index in [4.69, 9.17) is 9.84 Å². The zero-order chi connectivity index (χ0) is 28.4. The maximum Gasteiger partial charge on any atom is 0.274 e. The third kappa shape index (κ3) is 7.30. The van der Waals surface area contributed by atoms with Crippen LogP contribution in [0, 0.1) is 6.92 Å². The Morgan fingerprint density at radius 2 is 1.92 bits per heavy atom. The highest BCUT2D eigenvalue weighted by Gasteiger charge is 2.30. The molecule has 2 saturated heterocycles. The average molecular weight is 577 g/mol. The molecule has 0 saturated carbocycles. The molecule has 2 fully saturated rings. The molecule has 0 radical (unpaired) electrons. The second-order valence-electron chi connectivity index (χ2n) is 11.5. The molecule has 2 aliphatic heterocycles. The van der Waals surface area contributed by atoms with Gasteiger partial charge in [-0.15, -0.1) is 0 Å². The van der Waals surface area contributed by atoms with Gasteiger partial charge in [0, 0.05) is 31.9 Å². The van der Waals surface area contributed by atoms with Gasteiger partial charge in [0.05, 0.1) is 43.5 Å². The van der Waals surface area contributed by atoms with Gasteiger partial charge in [-0.05, 0) is 68.6 Å². The van der Waals surface area contributed by atoms with Gasteiger partial charge in [-0.1, -0.05) is 13.1 Å². The number of nitrogens with zero attached hydrogens (tertiary/aromatic N) is 2. The van der Waals surface area contributed by atoms with E-state index in [1.54, 1.807) is 22.8 Å². The standard InChI is InChI=1S/C27H40N4O6SSi/c1-19-15-24(27(34)31(18-19)22-7-11-37-20(2)16-22)28-26(33)23-6-5-21(29-38(35,36)12-10-32)17-25(23)30-8-13-39(3,4)14-9-30/h5-6,15,17-18,20,22,29,32H,7-14,16H2,1-4H3,(H,28,33). The minimum Gasteiger partial charge on any atom is -0.395 e. The lowest BCUT2D eigenvalue weighted by Gasteiger charge is -2.38. The predicted octanol–water partition coefficient (Wildman–Crippen LogP) is 3.41. The Morgan fingerprint density at radius 3 is 2.59 bits per heavy atom. The second kappa shape index (κ2) is 11.8. The molecule has 0 aliphatic carbocycles. The Hall–Kier alpha value is -2.67. The van der Waals surface area contributed by atoms with Gasteiger partial charge in [-0.25, -0.2) is 8.42 Å². The Labute approximate surface area is 231 Å². The number of anilines is 3. The second-order valence-corrected chi connectivity index (χ2v) is 18.7. The van der Waals surface area contributed by atoms with Crippen molar-refractivity contribution in [3.63, 3.8) is 0 Å². The number of aliphatic hydroxyl groups is 1. The van der Waals surface area contributed by atoms with Crippen molar-refractivity contribution in [2.45, 2.75) is 64.0 Å². The lowest BCUT2D eigenvalue weighted by atomic mass is 10.0. The molecule has 1 aromatic carbocycles. The third-order valence-corrected chi connectivity index (χ3v) is 12.0. The van der Waals surface area contributed by atoms with Crippen molar-refractivity contribution in [3.8, 4) is 0 Å². The molecular weight excluding hydrogens is 536 g/mol. The van der Waals surface area contributed by atoms with Crippen molar-refractivity contribution < 1.29 is 23.1 Å². The van der Waals surface area contributed by atoms with Crippen molar-refractivity contribution in [1.82, 2.24) is 4.57 Å². The van der Waals surface area contributed by atoms with Gasteiger partial charge in [-0.2, -0.15) is 0 Å². The SMILES string of the molecule is Cc1cc(NC(=O)c2ccc(NS(=O)(=O)CCO)cc2N2CC[Si](C)(C)CC2)c(=O)n(C2CCOC(C)C2)c1. The number of pyridine rings is 1. The molecule has 1 aromatic heterocycles. The summed E-state index contributed by atoms with van der Waals surface area (Å²) < 4.78 is 34.4. The predicted molar refractivity (Wildman–Crippen MR) is 157 cm³/mol. The molecule has 2 aliphatic rings. The van der Waals surface area contributed by atoms with Gasteiger partial charge < -0.3 is 24.6 Å². The molecule has 10 nitrogen and oxygen atoms in total. The number of aliphatic hydroxyl groups excluding tert-OH is 1. The summed E-state index contributed by atoms with van der Waals surface area (Å²) in [7, 11) is -5.04. The number of rotatable bonds is 8. The van der Waals surface area contributed by atoms with E-state index in [-0.39, 0.29) is 23.4 Å². The third-order valence-electron chi connectivity index (χ3n) is 7.61. The number of aromatic nitrogens is 1. The van der Waals surface area contributed by atoms with Crippen LogP contribution in [-0.2, 0) is 14.8 Å². The summed E-state index contributed by atoms with van der Waals surface area (Å²) in [5.41, 5.74) is 2.13. The fourth-order valence-corrected chi connectivity index (χ4v) is 8.10. The van der Waals surface area contributed by atoms with E-state index in [2.05, 4.69) is 28.0 Å². The van der Waals surface area contributed by atoms with Gasteiger partial charge in [0.1, 0.15) is 5.69 Å². The summed E-state index contributed by atoms with van der Waals surface area (Å²) in [6.07, 6.45) is 3.35. The van der Waals surface area contributed by atoms with E-state index >= 15 is 0 Å². The van der Waals surface area contributed by atoms with Crippen LogP contribution in [-0.4, -0.2) is 70.2 Å². The van der Waals surface area contributed by atoms with Gasteiger partial charge >= 0.3 is 0 Å². The Morgan fingerprint density at radius 1 is 1.21 bits per heavy atom. The molecule has 39 heavy (non-hydrogen) atoms. The van der Waals surface area contributed by atoms with Crippen molar-refractivity contribution in [1.29, 1.82) is 0 Å². The average Bonchev–Trinajstić information content (AvgIpc) is 2.85. The fourth-order valence-electron chi connectivity index (χ4n) is 5.27. The molecular formula is C27H40N4O6SSi. The van der Waals surface area contributed by atoms with Crippen LogP contribution in [0.2, 0.25) is 25.2 Å². The molecule has 0 bridgehead atoms. The van der Waals surface area contributed by atoms with E-state index in [1.165, 1.54) is 6.07 Å². The molecule has 2 unspecified atom stereocenters. The molecule has 3 N–H and O–H groups in total. The number of hydrogen-bond acceptors (Lipinski definition) is 7. The zero-order valence-electron chi connectivity index (χ0n) is 23.2. The van der Waals surface area contributed by atoms with Gasteiger partial charge in [0.25, 0.3) is 11.5 Å². The highest BCUT2D eigenvalue weighted by Crippen LogP contribution is 2.32. The van der Waals surface area contributed by atoms with Crippen LogP contribution >= 0.6 is 0 Å². The van der Waals surface area contributed by atoms with Crippen LogP contribution in [0.1, 0.15) is 41.7 Å². The van der Waals surface area contributed by atoms with Crippen LogP contribution in [0.3, 0.4) is 0 Å². The van der Waals surface area contributed by atoms with Crippen molar-refractivity contribution >= 4 is 41.1 Å². The van der Waals surface area contributed by atoms with E-state index in [0.29, 0.717) is 23.5 Å². The molecule has 1 amide bonds. The highest BCUT2D eigenvalue weighted by molar-refractivity contribution is 7.92. The molecule has 214 valence electrons. The molecule has 4 rings (SSSR count). The lowest BCUT2D eigenvalue weighted by Crippen LogP contribution is -2.43. The first-order valence-corrected chi connectivity index (χ1v) is 18.6. The van der Waals surface area contributed by atoms with Crippen LogP contribution in [0.15, 0.2) is 35.3 Å².